The maximum atomic E-state index is 13.1. The Morgan fingerprint density at radius 1 is 0.707 bits per heavy atom. The second-order valence-electron chi connectivity index (χ2n) is 15.6. The predicted molar refractivity (Wildman–Crippen MR) is 270 cm³/mol. The van der Waals surface area contributed by atoms with Gasteiger partial charge in [0.05, 0.1) is 69.1 Å². The minimum absolute atomic E-state index is 0.0153. The Morgan fingerprint density at radius 3 is 1.49 bits per heavy atom. The molecule has 0 saturated heterocycles. The van der Waals surface area contributed by atoms with Gasteiger partial charge in [0.15, 0.2) is 33.9 Å². The number of carbonyl (C=O) groups is 2. The molecule has 412 valence electrons. The van der Waals surface area contributed by atoms with Gasteiger partial charge in [-0.15, -0.1) is 0 Å². The summed E-state index contributed by atoms with van der Waals surface area (Å²) in [5.74, 6) is 0.541. The van der Waals surface area contributed by atoms with Crippen molar-refractivity contribution in [3.8, 4) is 17.6 Å². The normalized spacial score (nSPS) is 10.9. The molecule has 1 N–H and O–H groups in total. The second kappa shape index (κ2) is 33.2. The van der Waals surface area contributed by atoms with Gasteiger partial charge in [-0.1, -0.05) is 69.4 Å². The van der Waals surface area contributed by atoms with Crippen molar-refractivity contribution >= 4 is 51.3 Å². The van der Waals surface area contributed by atoms with Crippen molar-refractivity contribution in [3.05, 3.63) is 88.1 Å². The van der Waals surface area contributed by atoms with E-state index in [0.717, 1.165) is 19.4 Å². The van der Waals surface area contributed by atoms with Crippen molar-refractivity contribution in [3.63, 3.8) is 0 Å². The molecule has 6 rings (SSSR count). The number of nitrogens with one attached hydrogen (secondary N) is 1. The Labute approximate surface area is 437 Å². The van der Waals surface area contributed by atoms with Crippen LogP contribution in [0.3, 0.4) is 0 Å². The molecule has 6 aromatic rings. The van der Waals surface area contributed by atoms with Crippen molar-refractivity contribution in [1.82, 2.24) is 40.5 Å². The molecule has 0 amide bonds. The Hall–Kier alpha value is -6.84. The number of esters is 2. The SMILES string of the molecule is CC#N.CCCc1c(OCCCN(C)c2cnc(C(=O)OC)cn2)ccc2c(C(F)(F)F)noc12.CCCc1c(OCCCNC)ccc2c(C(F)(F)F)noc12.CCN(CC)CC.COC(=O)c1cnc(Cl)cn1. The lowest BCUT2D eigenvalue weighted by atomic mass is 10.0. The molecule has 75 heavy (non-hydrogen) atoms. The summed E-state index contributed by atoms with van der Waals surface area (Å²) in [6.07, 6.45) is 0.233. The van der Waals surface area contributed by atoms with Crippen LogP contribution in [0.2, 0.25) is 5.15 Å². The number of alkyl halides is 6. The van der Waals surface area contributed by atoms with E-state index in [9.17, 15) is 35.9 Å². The Balaban J connectivity index is 0.000000383. The summed E-state index contributed by atoms with van der Waals surface area (Å²) in [5.41, 5.74) is -0.253. The molecule has 0 saturated carbocycles. The lowest BCUT2D eigenvalue weighted by Gasteiger charge is -2.18. The van der Waals surface area contributed by atoms with Crippen molar-refractivity contribution in [2.24, 2.45) is 0 Å². The lowest BCUT2D eigenvalue weighted by Crippen LogP contribution is -2.22. The first-order valence-electron chi connectivity index (χ1n) is 23.8. The van der Waals surface area contributed by atoms with Crippen molar-refractivity contribution in [2.45, 2.75) is 92.4 Å². The van der Waals surface area contributed by atoms with Gasteiger partial charge < -0.3 is 43.1 Å². The van der Waals surface area contributed by atoms with Gasteiger partial charge in [-0.2, -0.15) is 31.6 Å². The molecule has 0 atom stereocenters. The van der Waals surface area contributed by atoms with E-state index in [1.54, 1.807) is 12.1 Å². The minimum atomic E-state index is -4.58. The molecule has 4 aromatic heterocycles. The first-order valence-corrected chi connectivity index (χ1v) is 24.2. The molecule has 0 spiro atoms. The maximum Gasteiger partial charge on any atom is 0.437 e. The van der Waals surface area contributed by atoms with Crippen LogP contribution in [0.5, 0.6) is 11.5 Å². The van der Waals surface area contributed by atoms with Crippen molar-refractivity contribution in [2.75, 3.05) is 79.2 Å². The molecule has 25 heteroatoms. The first kappa shape index (κ1) is 64.3. The summed E-state index contributed by atoms with van der Waals surface area (Å²) in [6.45, 7) is 17.6. The van der Waals surface area contributed by atoms with E-state index in [2.05, 4.69) is 70.7 Å². The summed E-state index contributed by atoms with van der Waals surface area (Å²) in [4.78, 5) is 41.9. The molecule has 18 nitrogen and oxygen atoms in total. The van der Waals surface area contributed by atoms with Gasteiger partial charge in [0, 0.05) is 31.6 Å². The standard InChI is InChI=1S/C21H23F3N4O4.C15H19F3N2O2.C6H5ClN2O2.C6H15N.C2H3N/c1-4-6-13-16(8-7-14-18(13)32-27-19(14)21(22,23)24)31-10-5-9-28(2)17-12-25-15(11-26-17)20(29)30-3;1-3-5-10-12(21-9-4-8-19-2)7-6-11-13(10)22-20-14(11)15(16,17)18;1-11-6(10)4-2-9-5(7)3-8-4;1-4-7(5-2)6-3;1-2-3/h7-8,11-12H,4-6,9-10H2,1-3H3;6-7,19H,3-5,8-9H2,1-2H3;2-3H,1H3;4-6H2,1-3H3;1H3. The summed E-state index contributed by atoms with van der Waals surface area (Å²) in [6, 6.07) is 7.54. The van der Waals surface area contributed by atoms with Crippen LogP contribution in [0.1, 0.15) is 111 Å². The van der Waals surface area contributed by atoms with Crippen LogP contribution in [-0.2, 0) is 34.7 Å². The number of fused-ring (bicyclic) bond motifs is 2. The summed E-state index contributed by atoms with van der Waals surface area (Å²) < 4.78 is 109. The number of halogens is 7. The zero-order chi connectivity index (χ0) is 56.1. The molecule has 4 heterocycles. The van der Waals surface area contributed by atoms with Gasteiger partial charge in [-0.05, 0) is 83.2 Å². The number of anilines is 1. The van der Waals surface area contributed by atoms with Gasteiger partial charge in [-0.25, -0.2) is 29.5 Å². The molecule has 0 aliphatic rings. The zero-order valence-electron chi connectivity index (χ0n) is 43.7. The van der Waals surface area contributed by atoms with E-state index >= 15 is 0 Å². The molecule has 0 aliphatic carbocycles. The molecule has 0 unspecified atom stereocenters. The summed E-state index contributed by atoms with van der Waals surface area (Å²) in [5, 5.41) is 16.9. The van der Waals surface area contributed by atoms with E-state index in [1.807, 2.05) is 32.8 Å². The number of hydrogen-bond donors (Lipinski definition) is 1. The number of aryl methyl sites for hydroxylation is 2. The fraction of sp³-hybridized carbons (Fsp3) is 0.500. The fourth-order valence-electron chi connectivity index (χ4n) is 6.69. The number of aromatic nitrogens is 6. The number of rotatable bonds is 20. The second-order valence-corrected chi connectivity index (χ2v) is 16.0. The van der Waals surface area contributed by atoms with Gasteiger partial charge in [-0.3, -0.25) is 0 Å². The highest BCUT2D eigenvalue weighted by atomic mass is 35.5. The van der Waals surface area contributed by atoms with E-state index in [-0.39, 0.29) is 38.5 Å². The average Bonchev–Trinajstić information content (AvgIpc) is 4.05. The summed E-state index contributed by atoms with van der Waals surface area (Å²) >= 11 is 5.43. The van der Waals surface area contributed by atoms with E-state index in [0.29, 0.717) is 73.9 Å². The summed E-state index contributed by atoms with van der Waals surface area (Å²) in [7, 11) is 6.22. The minimum Gasteiger partial charge on any atom is -0.493 e. The van der Waals surface area contributed by atoms with E-state index in [1.165, 1.54) is 83.8 Å². The quantitative estimate of drug-likeness (QED) is 0.0427. The first-order chi connectivity index (χ1) is 35.7. The number of nitriles is 1. The number of nitrogens with zero attached hydrogens (tertiary/aromatic N) is 9. The topological polar surface area (TPSA) is 217 Å². The molecule has 0 fully saturated rings. The highest BCUT2D eigenvalue weighted by molar-refractivity contribution is 6.29. The van der Waals surface area contributed by atoms with E-state index < -0.39 is 35.7 Å². The van der Waals surface area contributed by atoms with E-state index in [4.69, 9.17) is 35.4 Å². The molecule has 2 aromatic carbocycles. The van der Waals surface area contributed by atoms with Crippen LogP contribution in [-0.4, -0.2) is 121 Å². The van der Waals surface area contributed by atoms with Crippen LogP contribution in [0.25, 0.3) is 21.9 Å². The predicted octanol–water partition coefficient (Wildman–Crippen LogP) is 10.9. The maximum absolute atomic E-state index is 13.1. The molecule has 0 radical (unpaired) electrons. The van der Waals surface area contributed by atoms with Crippen LogP contribution >= 0.6 is 11.6 Å². The van der Waals surface area contributed by atoms with Gasteiger partial charge >= 0.3 is 24.3 Å². The molecular formula is C50H65ClF6N10O8. The Kier molecular flexibility index (Phi) is 28.4. The largest absolute Gasteiger partial charge is 0.493 e. The monoisotopic (exact) mass is 1080 g/mol. The lowest BCUT2D eigenvalue weighted by molar-refractivity contribution is -0.142. The highest BCUT2D eigenvalue weighted by Crippen LogP contribution is 2.39. The van der Waals surface area contributed by atoms with Gasteiger partial charge in [0.2, 0.25) is 0 Å². The number of methoxy groups -OCH3 is 2. The van der Waals surface area contributed by atoms with Crippen molar-refractivity contribution < 1.29 is 63.9 Å². The van der Waals surface area contributed by atoms with Crippen LogP contribution in [0, 0.1) is 11.3 Å². The third-order valence-electron chi connectivity index (χ3n) is 10.4. The number of benzene rings is 2. The fourth-order valence-corrected chi connectivity index (χ4v) is 6.78. The van der Waals surface area contributed by atoms with Gasteiger partial charge in [0.25, 0.3) is 0 Å². The zero-order valence-corrected chi connectivity index (χ0v) is 44.5. The van der Waals surface area contributed by atoms with Crippen LogP contribution in [0.15, 0.2) is 58.1 Å². The average molecular weight is 1080 g/mol. The Morgan fingerprint density at radius 2 is 1.15 bits per heavy atom. The number of carbonyl (C=O) groups excluding carboxylic acids is 2. The smallest absolute Gasteiger partial charge is 0.437 e. The van der Waals surface area contributed by atoms with Gasteiger partial charge in [0.1, 0.15) is 22.5 Å². The Bertz CT molecular complexity index is 2650. The van der Waals surface area contributed by atoms with Crippen LogP contribution < -0.4 is 19.7 Å². The molecule has 0 bridgehead atoms. The third-order valence-corrected chi connectivity index (χ3v) is 10.6. The van der Waals surface area contributed by atoms with Crippen molar-refractivity contribution in [1.29, 1.82) is 5.26 Å². The molecule has 0 aliphatic heterocycles. The number of ether oxygens (including phenoxy) is 4. The van der Waals surface area contributed by atoms with Crippen LogP contribution in [0.4, 0.5) is 32.2 Å². The number of hydrogen-bond acceptors (Lipinski definition) is 18. The molecular weight excluding hydrogens is 1020 g/mol. The third kappa shape index (κ3) is 20.4. The highest BCUT2D eigenvalue weighted by Gasteiger charge is 2.39.